The number of carbonyl (C=O) groups excluding carboxylic acids is 2. The van der Waals surface area contributed by atoms with Crippen LogP contribution in [0.15, 0.2) is 54.6 Å². The molecule has 0 aliphatic carbocycles. The molecule has 2 amide bonds. The molecular formula is C21H25ClN2O4. The molecule has 0 radical (unpaired) electrons. The van der Waals surface area contributed by atoms with E-state index in [1.807, 2.05) is 30.3 Å². The van der Waals surface area contributed by atoms with Gasteiger partial charge in [-0.15, -0.1) is 0 Å². The minimum Gasteiger partial charge on any atom is -0.444 e. The SMILES string of the molecule is CC(C)(C)OC(=O)NC(COCc1ccccc1)C(=O)Nc1cccc(Cl)c1. The number of hydrogen-bond acceptors (Lipinski definition) is 4. The maximum Gasteiger partial charge on any atom is 0.408 e. The van der Waals surface area contributed by atoms with Gasteiger partial charge in [0.05, 0.1) is 13.2 Å². The van der Waals surface area contributed by atoms with E-state index in [4.69, 9.17) is 21.1 Å². The first-order valence-corrected chi connectivity index (χ1v) is 9.28. The van der Waals surface area contributed by atoms with Crippen molar-refractivity contribution >= 4 is 29.3 Å². The summed E-state index contributed by atoms with van der Waals surface area (Å²) in [7, 11) is 0. The molecule has 2 rings (SSSR count). The Balaban J connectivity index is 2.01. The van der Waals surface area contributed by atoms with Crippen LogP contribution in [-0.2, 0) is 20.9 Å². The molecule has 1 unspecified atom stereocenters. The molecule has 0 heterocycles. The monoisotopic (exact) mass is 404 g/mol. The van der Waals surface area contributed by atoms with E-state index >= 15 is 0 Å². The summed E-state index contributed by atoms with van der Waals surface area (Å²) in [6.07, 6.45) is -0.693. The van der Waals surface area contributed by atoms with Crippen molar-refractivity contribution in [3.05, 3.63) is 65.2 Å². The van der Waals surface area contributed by atoms with Crippen molar-refractivity contribution in [2.75, 3.05) is 11.9 Å². The van der Waals surface area contributed by atoms with E-state index in [0.29, 0.717) is 17.3 Å². The van der Waals surface area contributed by atoms with Crippen LogP contribution in [0.25, 0.3) is 0 Å². The van der Waals surface area contributed by atoms with Crippen molar-refractivity contribution in [1.29, 1.82) is 0 Å². The summed E-state index contributed by atoms with van der Waals surface area (Å²) in [5.41, 5.74) is 0.813. The van der Waals surface area contributed by atoms with Gasteiger partial charge in [-0.25, -0.2) is 4.79 Å². The van der Waals surface area contributed by atoms with Gasteiger partial charge in [0.1, 0.15) is 11.6 Å². The van der Waals surface area contributed by atoms with Gasteiger partial charge < -0.3 is 20.1 Å². The van der Waals surface area contributed by atoms with Crippen molar-refractivity contribution in [2.24, 2.45) is 0 Å². The molecule has 7 heteroatoms. The van der Waals surface area contributed by atoms with Crippen molar-refractivity contribution < 1.29 is 19.1 Å². The smallest absolute Gasteiger partial charge is 0.408 e. The van der Waals surface area contributed by atoms with Gasteiger partial charge in [0.2, 0.25) is 5.91 Å². The molecular weight excluding hydrogens is 380 g/mol. The highest BCUT2D eigenvalue weighted by Gasteiger charge is 2.25. The van der Waals surface area contributed by atoms with Gasteiger partial charge in [0.15, 0.2) is 0 Å². The molecule has 0 spiro atoms. The molecule has 2 N–H and O–H groups in total. The van der Waals surface area contributed by atoms with Gasteiger partial charge >= 0.3 is 6.09 Å². The number of rotatable bonds is 7. The fourth-order valence-corrected chi connectivity index (χ4v) is 2.49. The molecule has 28 heavy (non-hydrogen) atoms. The first-order valence-electron chi connectivity index (χ1n) is 8.90. The first-order chi connectivity index (χ1) is 13.2. The molecule has 0 saturated carbocycles. The van der Waals surface area contributed by atoms with Crippen LogP contribution < -0.4 is 10.6 Å². The number of hydrogen-bond donors (Lipinski definition) is 2. The van der Waals surface area contributed by atoms with Crippen LogP contribution >= 0.6 is 11.6 Å². The lowest BCUT2D eigenvalue weighted by Crippen LogP contribution is -2.48. The van der Waals surface area contributed by atoms with Crippen molar-refractivity contribution in [1.82, 2.24) is 5.32 Å². The molecule has 2 aromatic rings. The van der Waals surface area contributed by atoms with E-state index in [0.717, 1.165) is 5.56 Å². The number of anilines is 1. The van der Waals surface area contributed by atoms with Gasteiger partial charge in [-0.05, 0) is 44.5 Å². The average Bonchev–Trinajstić information content (AvgIpc) is 2.60. The number of benzene rings is 2. The molecule has 0 aliphatic rings. The summed E-state index contributed by atoms with van der Waals surface area (Å²) in [4.78, 5) is 24.8. The third-order valence-electron chi connectivity index (χ3n) is 3.50. The lowest BCUT2D eigenvalue weighted by molar-refractivity contribution is -0.119. The minimum atomic E-state index is -0.933. The topological polar surface area (TPSA) is 76.7 Å². The molecule has 0 fully saturated rings. The second-order valence-electron chi connectivity index (χ2n) is 7.20. The Kier molecular flexibility index (Phi) is 7.84. The highest BCUT2D eigenvalue weighted by atomic mass is 35.5. The molecule has 150 valence electrons. The zero-order valence-electron chi connectivity index (χ0n) is 16.2. The van der Waals surface area contributed by atoms with Crippen LogP contribution in [-0.4, -0.2) is 30.3 Å². The number of halogens is 1. The zero-order valence-corrected chi connectivity index (χ0v) is 17.0. The predicted molar refractivity (Wildman–Crippen MR) is 109 cm³/mol. The van der Waals surface area contributed by atoms with E-state index in [-0.39, 0.29) is 6.61 Å². The predicted octanol–water partition coefficient (Wildman–Crippen LogP) is 4.39. The molecule has 2 aromatic carbocycles. The second kappa shape index (κ2) is 10.1. The highest BCUT2D eigenvalue weighted by Crippen LogP contribution is 2.15. The second-order valence-corrected chi connectivity index (χ2v) is 7.64. The van der Waals surface area contributed by atoms with Gasteiger partial charge in [0, 0.05) is 10.7 Å². The van der Waals surface area contributed by atoms with Crippen LogP contribution in [0.5, 0.6) is 0 Å². The Bertz CT molecular complexity index is 790. The number of carbonyl (C=O) groups is 2. The summed E-state index contributed by atoms with van der Waals surface area (Å²) in [5, 5.41) is 5.78. The first kappa shape index (κ1) is 21.7. The van der Waals surface area contributed by atoms with Crippen molar-refractivity contribution in [3.8, 4) is 0 Å². The number of alkyl carbamates (subject to hydrolysis) is 1. The third kappa shape index (κ3) is 7.98. The molecule has 0 aromatic heterocycles. The van der Waals surface area contributed by atoms with E-state index in [1.54, 1.807) is 45.0 Å². The number of ether oxygens (including phenoxy) is 2. The van der Waals surface area contributed by atoms with E-state index < -0.39 is 23.6 Å². The van der Waals surface area contributed by atoms with Crippen LogP contribution in [0.1, 0.15) is 26.3 Å². The molecule has 0 saturated heterocycles. The lowest BCUT2D eigenvalue weighted by atomic mass is 10.2. The highest BCUT2D eigenvalue weighted by molar-refractivity contribution is 6.30. The maximum atomic E-state index is 12.7. The average molecular weight is 405 g/mol. The fourth-order valence-electron chi connectivity index (χ4n) is 2.30. The summed E-state index contributed by atoms with van der Waals surface area (Å²) < 4.78 is 10.9. The molecule has 6 nitrogen and oxygen atoms in total. The summed E-state index contributed by atoms with van der Waals surface area (Å²) in [6, 6.07) is 15.4. The van der Waals surface area contributed by atoms with Crippen LogP contribution in [0, 0.1) is 0 Å². The van der Waals surface area contributed by atoms with Crippen LogP contribution in [0.2, 0.25) is 5.02 Å². The normalized spacial score (nSPS) is 12.1. The van der Waals surface area contributed by atoms with Crippen molar-refractivity contribution in [2.45, 2.75) is 39.0 Å². The number of amides is 2. The van der Waals surface area contributed by atoms with E-state index in [2.05, 4.69) is 10.6 Å². The number of nitrogens with one attached hydrogen (secondary N) is 2. The summed E-state index contributed by atoms with van der Waals surface area (Å²) in [6.45, 7) is 5.55. The largest absolute Gasteiger partial charge is 0.444 e. The standard InChI is InChI=1S/C21H25ClN2O4/c1-21(2,3)28-20(26)24-18(14-27-13-15-8-5-4-6-9-15)19(25)23-17-11-7-10-16(22)12-17/h4-12,18H,13-14H2,1-3H3,(H,23,25)(H,24,26). The van der Waals surface area contributed by atoms with Crippen molar-refractivity contribution in [3.63, 3.8) is 0 Å². The minimum absolute atomic E-state index is 0.0134. The summed E-state index contributed by atoms with van der Waals surface area (Å²) in [5.74, 6) is -0.429. The Hall–Kier alpha value is -2.57. The van der Waals surface area contributed by atoms with Gasteiger partial charge in [-0.1, -0.05) is 48.0 Å². The van der Waals surface area contributed by atoms with E-state index in [9.17, 15) is 9.59 Å². The van der Waals surface area contributed by atoms with Gasteiger partial charge in [-0.2, -0.15) is 0 Å². The van der Waals surface area contributed by atoms with Gasteiger partial charge in [-0.3, -0.25) is 4.79 Å². The Morgan fingerprint density at radius 2 is 1.79 bits per heavy atom. The quantitative estimate of drug-likeness (QED) is 0.717. The zero-order chi connectivity index (χ0) is 20.6. The van der Waals surface area contributed by atoms with Crippen LogP contribution in [0.3, 0.4) is 0 Å². The lowest BCUT2D eigenvalue weighted by Gasteiger charge is -2.23. The maximum absolute atomic E-state index is 12.7. The molecule has 1 atom stereocenters. The molecule has 0 bridgehead atoms. The summed E-state index contributed by atoms with van der Waals surface area (Å²) >= 11 is 5.95. The Morgan fingerprint density at radius 3 is 2.43 bits per heavy atom. The molecule has 0 aliphatic heterocycles. The third-order valence-corrected chi connectivity index (χ3v) is 3.73. The van der Waals surface area contributed by atoms with Crippen LogP contribution in [0.4, 0.5) is 10.5 Å². The van der Waals surface area contributed by atoms with Gasteiger partial charge in [0.25, 0.3) is 0 Å². The Morgan fingerprint density at radius 1 is 1.07 bits per heavy atom. The van der Waals surface area contributed by atoms with E-state index in [1.165, 1.54) is 0 Å². The fraction of sp³-hybridized carbons (Fsp3) is 0.333. The Labute approximate surface area is 170 Å².